The van der Waals surface area contributed by atoms with Gasteiger partial charge in [0.15, 0.2) is 0 Å². The summed E-state index contributed by atoms with van der Waals surface area (Å²) in [5.74, 6) is -3.62. The molecule has 102 valence electrons. The lowest BCUT2D eigenvalue weighted by Gasteiger charge is -2.06. The zero-order chi connectivity index (χ0) is 14.9. The Morgan fingerprint density at radius 3 is 1.85 bits per heavy atom. The van der Waals surface area contributed by atoms with Crippen molar-refractivity contribution < 1.29 is 29.3 Å². The fourth-order valence-electron chi connectivity index (χ4n) is 1.78. The lowest BCUT2D eigenvalue weighted by atomic mass is 10.0. The molecular weight excluding hydrogens is 267 g/mol. The molecule has 0 aromatic heterocycles. The Hall–Kier alpha value is -2.89. The molecule has 0 aliphatic rings. The van der Waals surface area contributed by atoms with Gasteiger partial charge in [-0.1, -0.05) is 0 Å². The molecule has 0 radical (unpaired) electrons. The summed E-state index contributed by atoms with van der Waals surface area (Å²) in [6.45, 7) is 0. The number of phenolic OH excluding ortho intramolecular Hbond substituents is 1. The van der Waals surface area contributed by atoms with Gasteiger partial charge in [-0.3, -0.25) is 0 Å². The number of phenols is 1. The van der Waals surface area contributed by atoms with Gasteiger partial charge in [0, 0.05) is 0 Å². The summed E-state index contributed by atoms with van der Waals surface area (Å²) in [5.41, 5.74) is -0.0634. The van der Waals surface area contributed by atoms with Gasteiger partial charge in [-0.15, -0.1) is 0 Å². The number of carbonyl (C=O) groups is 2. The summed E-state index contributed by atoms with van der Waals surface area (Å²) in [7, 11) is 0. The van der Waals surface area contributed by atoms with E-state index >= 15 is 0 Å². The number of halogens is 1. The van der Waals surface area contributed by atoms with E-state index in [-0.39, 0.29) is 28.0 Å². The van der Waals surface area contributed by atoms with Gasteiger partial charge in [0.2, 0.25) is 0 Å². The van der Waals surface area contributed by atoms with Gasteiger partial charge in [0.05, 0.1) is 11.1 Å². The Balaban J connectivity index is 2.62. The van der Waals surface area contributed by atoms with Crippen molar-refractivity contribution in [2.24, 2.45) is 0 Å². The minimum absolute atomic E-state index is 0.167. The summed E-state index contributed by atoms with van der Waals surface area (Å²) in [6, 6.07) is 6.62. The molecule has 2 aromatic carbocycles. The molecule has 0 saturated carbocycles. The molecule has 5 nitrogen and oxygen atoms in total. The number of aromatic carboxylic acids is 2. The molecule has 0 saturated heterocycles. The number of hydrogen-bond donors (Lipinski definition) is 3. The largest absolute Gasteiger partial charge is 0.508 e. The Kier molecular flexibility index (Phi) is 3.39. The van der Waals surface area contributed by atoms with E-state index in [9.17, 15) is 19.1 Å². The van der Waals surface area contributed by atoms with Crippen LogP contribution in [0.3, 0.4) is 0 Å². The topological polar surface area (TPSA) is 94.8 Å². The average Bonchev–Trinajstić information content (AvgIpc) is 2.37. The number of aromatic hydroxyl groups is 1. The van der Waals surface area contributed by atoms with E-state index in [4.69, 9.17) is 10.2 Å². The van der Waals surface area contributed by atoms with Crippen LogP contribution in [0.2, 0.25) is 0 Å². The maximum absolute atomic E-state index is 13.4. The summed E-state index contributed by atoms with van der Waals surface area (Å²) >= 11 is 0. The minimum Gasteiger partial charge on any atom is -0.508 e. The molecule has 3 N–H and O–H groups in total. The van der Waals surface area contributed by atoms with Crippen molar-refractivity contribution >= 4 is 11.9 Å². The van der Waals surface area contributed by atoms with E-state index < -0.39 is 17.8 Å². The zero-order valence-electron chi connectivity index (χ0n) is 10.0. The van der Waals surface area contributed by atoms with Gasteiger partial charge >= 0.3 is 11.9 Å². The molecule has 0 aliphatic carbocycles. The second-order valence-corrected chi connectivity index (χ2v) is 4.11. The van der Waals surface area contributed by atoms with E-state index in [0.717, 1.165) is 18.2 Å². The van der Waals surface area contributed by atoms with Crippen molar-refractivity contribution in [1.82, 2.24) is 0 Å². The lowest BCUT2D eigenvalue weighted by molar-refractivity contribution is 0.0685. The third-order valence-corrected chi connectivity index (χ3v) is 2.64. The van der Waals surface area contributed by atoms with E-state index in [0.29, 0.717) is 0 Å². The van der Waals surface area contributed by atoms with Crippen LogP contribution in [-0.4, -0.2) is 27.3 Å². The molecule has 0 unspecified atom stereocenters. The predicted molar refractivity (Wildman–Crippen MR) is 67.4 cm³/mol. The molecule has 0 heterocycles. The van der Waals surface area contributed by atoms with Crippen LogP contribution in [0.15, 0.2) is 36.4 Å². The number of benzene rings is 2. The highest BCUT2D eigenvalue weighted by atomic mass is 19.1. The van der Waals surface area contributed by atoms with Gasteiger partial charge in [-0.05, 0) is 47.5 Å². The van der Waals surface area contributed by atoms with E-state index in [2.05, 4.69) is 0 Å². The second kappa shape index (κ2) is 5.00. The van der Waals surface area contributed by atoms with Crippen molar-refractivity contribution in [3.05, 3.63) is 53.3 Å². The summed E-state index contributed by atoms with van der Waals surface area (Å²) in [4.78, 5) is 21.8. The standard InChI is InChI=1S/C14H9FO5/c15-11-3-7(1-9(4-11)13(17)18)8-2-10(14(19)20)6-12(16)5-8/h1-6,16H,(H,17,18)(H,19,20). The van der Waals surface area contributed by atoms with Gasteiger partial charge in [0.25, 0.3) is 0 Å². The van der Waals surface area contributed by atoms with Crippen LogP contribution in [0.1, 0.15) is 20.7 Å². The molecule has 6 heteroatoms. The molecule has 2 aromatic rings. The molecule has 0 spiro atoms. The number of carboxylic acid groups (broad SMARTS) is 2. The third-order valence-electron chi connectivity index (χ3n) is 2.64. The Labute approximate surface area is 112 Å². The van der Waals surface area contributed by atoms with E-state index in [1.165, 1.54) is 18.2 Å². The first-order valence-corrected chi connectivity index (χ1v) is 5.48. The van der Waals surface area contributed by atoms with Crippen LogP contribution in [0, 0.1) is 5.82 Å². The quantitative estimate of drug-likeness (QED) is 0.800. The highest BCUT2D eigenvalue weighted by molar-refractivity contribution is 5.92. The maximum atomic E-state index is 13.4. The Morgan fingerprint density at radius 1 is 0.800 bits per heavy atom. The normalized spacial score (nSPS) is 10.2. The van der Waals surface area contributed by atoms with Crippen molar-refractivity contribution in [3.8, 4) is 16.9 Å². The van der Waals surface area contributed by atoms with Crippen molar-refractivity contribution in [1.29, 1.82) is 0 Å². The van der Waals surface area contributed by atoms with Crippen molar-refractivity contribution in [2.45, 2.75) is 0 Å². The highest BCUT2D eigenvalue weighted by Gasteiger charge is 2.12. The SMILES string of the molecule is O=C(O)c1cc(O)cc(-c2cc(F)cc(C(=O)O)c2)c1. The third kappa shape index (κ3) is 2.74. The molecular formula is C14H9FO5. The van der Waals surface area contributed by atoms with Crippen LogP contribution in [0.4, 0.5) is 4.39 Å². The second-order valence-electron chi connectivity index (χ2n) is 4.11. The van der Waals surface area contributed by atoms with Crippen LogP contribution in [-0.2, 0) is 0 Å². The molecule has 0 aliphatic heterocycles. The predicted octanol–water partition coefficient (Wildman–Crippen LogP) is 2.59. The van der Waals surface area contributed by atoms with Gasteiger partial charge in [-0.25, -0.2) is 14.0 Å². The van der Waals surface area contributed by atoms with E-state index in [1.54, 1.807) is 0 Å². The molecule has 0 bridgehead atoms. The Bertz CT molecular complexity index is 647. The average molecular weight is 276 g/mol. The molecule has 0 amide bonds. The number of hydrogen-bond acceptors (Lipinski definition) is 3. The lowest BCUT2D eigenvalue weighted by Crippen LogP contribution is -1.99. The first-order chi connectivity index (χ1) is 9.36. The van der Waals surface area contributed by atoms with E-state index in [1.807, 2.05) is 0 Å². The van der Waals surface area contributed by atoms with Gasteiger partial charge < -0.3 is 15.3 Å². The zero-order valence-corrected chi connectivity index (χ0v) is 10.0. The smallest absolute Gasteiger partial charge is 0.335 e. The first kappa shape index (κ1) is 13.5. The molecule has 0 fully saturated rings. The highest BCUT2D eigenvalue weighted by Crippen LogP contribution is 2.27. The molecule has 0 atom stereocenters. The van der Waals surface area contributed by atoms with Crippen LogP contribution in [0.25, 0.3) is 11.1 Å². The molecule has 2 rings (SSSR count). The van der Waals surface area contributed by atoms with Crippen LogP contribution < -0.4 is 0 Å². The van der Waals surface area contributed by atoms with Gasteiger partial charge in [0.1, 0.15) is 11.6 Å². The first-order valence-electron chi connectivity index (χ1n) is 5.48. The minimum atomic E-state index is -1.30. The summed E-state index contributed by atoms with van der Waals surface area (Å²) in [5, 5.41) is 27.2. The summed E-state index contributed by atoms with van der Waals surface area (Å²) in [6.07, 6.45) is 0. The van der Waals surface area contributed by atoms with Crippen molar-refractivity contribution in [2.75, 3.05) is 0 Å². The maximum Gasteiger partial charge on any atom is 0.335 e. The fourth-order valence-corrected chi connectivity index (χ4v) is 1.78. The number of rotatable bonds is 3. The summed E-state index contributed by atoms with van der Waals surface area (Å²) < 4.78 is 13.4. The Morgan fingerprint density at radius 2 is 1.30 bits per heavy atom. The van der Waals surface area contributed by atoms with Crippen LogP contribution in [0.5, 0.6) is 5.75 Å². The van der Waals surface area contributed by atoms with Gasteiger partial charge in [-0.2, -0.15) is 0 Å². The fraction of sp³-hybridized carbons (Fsp3) is 0. The number of carboxylic acids is 2. The monoisotopic (exact) mass is 276 g/mol. The van der Waals surface area contributed by atoms with Crippen molar-refractivity contribution in [3.63, 3.8) is 0 Å². The molecule has 20 heavy (non-hydrogen) atoms. The van der Waals surface area contributed by atoms with Crippen LogP contribution >= 0.6 is 0 Å².